The highest BCUT2D eigenvalue weighted by molar-refractivity contribution is 6.30. The number of aromatic nitrogens is 2. The zero-order chi connectivity index (χ0) is 20.9. The number of nitrogens with zero attached hydrogens (tertiary/aromatic N) is 2. The number of H-pyrrole nitrogens is 1. The highest BCUT2D eigenvalue weighted by Crippen LogP contribution is 2.24. The molecule has 1 heterocycles. The third kappa shape index (κ3) is 4.47. The van der Waals surface area contributed by atoms with E-state index in [1.54, 1.807) is 18.2 Å². The van der Waals surface area contributed by atoms with Gasteiger partial charge in [-0.1, -0.05) is 78.3 Å². The van der Waals surface area contributed by atoms with Crippen molar-refractivity contribution in [3.05, 3.63) is 101 Å². The van der Waals surface area contributed by atoms with E-state index in [1.807, 2.05) is 61.5 Å². The Balaban J connectivity index is 1.45. The number of hydrogen-bond acceptors (Lipinski definition) is 3. The van der Waals surface area contributed by atoms with Crippen LogP contribution < -0.4 is 5.43 Å². The number of nitrogens with one attached hydrogen (secondary N) is 2. The summed E-state index contributed by atoms with van der Waals surface area (Å²) in [6.07, 6.45) is 0. The van der Waals surface area contributed by atoms with E-state index in [9.17, 15) is 4.79 Å². The van der Waals surface area contributed by atoms with Crippen LogP contribution in [0.3, 0.4) is 0 Å². The lowest BCUT2D eigenvalue weighted by Crippen LogP contribution is -2.19. The number of hydrogen-bond donors (Lipinski definition) is 2. The lowest BCUT2D eigenvalue weighted by molar-refractivity contribution is 0.0950. The van der Waals surface area contributed by atoms with Gasteiger partial charge >= 0.3 is 0 Å². The van der Waals surface area contributed by atoms with Crippen LogP contribution in [-0.2, 0) is 0 Å². The summed E-state index contributed by atoms with van der Waals surface area (Å²) in [5, 5.41) is 11.8. The Bertz CT molecular complexity index is 1180. The summed E-state index contributed by atoms with van der Waals surface area (Å²) in [5.41, 5.74) is 8.34. The number of carbonyl (C=O) groups excluding carboxylic acids is 1. The highest BCUT2D eigenvalue weighted by atomic mass is 35.5. The molecule has 2 N–H and O–H groups in total. The molecule has 0 unspecified atom stereocenters. The van der Waals surface area contributed by atoms with Crippen molar-refractivity contribution in [3.63, 3.8) is 0 Å². The number of hydrazone groups is 1. The fourth-order valence-corrected chi connectivity index (χ4v) is 3.13. The first-order valence-corrected chi connectivity index (χ1v) is 9.80. The van der Waals surface area contributed by atoms with Crippen LogP contribution >= 0.6 is 11.6 Å². The summed E-state index contributed by atoms with van der Waals surface area (Å²) in [5.74, 6) is -0.358. The van der Waals surface area contributed by atoms with Crippen molar-refractivity contribution < 1.29 is 4.79 Å². The monoisotopic (exact) mass is 414 g/mol. The molecule has 1 amide bonds. The molecule has 0 saturated carbocycles. The minimum Gasteiger partial charge on any atom is -0.272 e. The molecule has 4 aromatic rings. The van der Waals surface area contributed by atoms with Crippen molar-refractivity contribution in [1.82, 2.24) is 15.6 Å². The molecule has 0 bridgehead atoms. The van der Waals surface area contributed by atoms with Gasteiger partial charge < -0.3 is 0 Å². The molecule has 5 nitrogen and oxygen atoms in total. The van der Waals surface area contributed by atoms with Gasteiger partial charge in [0, 0.05) is 10.6 Å². The van der Waals surface area contributed by atoms with E-state index in [4.69, 9.17) is 11.6 Å². The Morgan fingerprint density at radius 3 is 2.23 bits per heavy atom. The lowest BCUT2D eigenvalue weighted by atomic mass is 10.0. The first-order chi connectivity index (χ1) is 14.6. The topological polar surface area (TPSA) is 70.1 Å². The molecule has 1 aromatic heterocycles. The van der Waals surface area contributed by atoms with Crippen LogP contribution in [0.1, 0.15) is 23.0 Å². The summed E-state index contributed by atoms with van der Waals surface area (Å²) < 4.78 is 0. The minimum atomic E-state index is -0.358. The number of benzene rings is 3. The zero-order valence-electron chi connectivity index (χ0n) is 16.3. The van der Waals surface area contributed by atoms with Gasteiger partial charge in [0.05, 0.1) is 11.4 Å². The van der Waals surface area contributed by atoms with Crippen molar-refractivity contribution in [2.24, 2.45) is 5.10 Å². The van der Waals surface area contributed by atoms with Gasteiger partial charge in [0.1, 0.15) is 5.69 Å². The number of carbonyl (C=O) groups is 1. The van der Waals surface area contributed by atoms with Gasteiger partial charge in [0.2, 0.25) is 0 Å². The molecule has 0 aliphatic carbocycles. The Hall–Kier alpha value is -3.70. The lowest BCUT2D eigenvalue weighted by Gasteiger charge is -2.02. The second-order valence-corrected chi connectivity index (χ2v) is 7.19. The van der Waals surface area contributed by atoms with Gasteiger partial charge in [-0.2, -0.15) is 10.2 Å². The van der Waals surface area contributed by atoms with Gasteiger partial charge in [-0.15, -0.1) is 0 Å². The summed E-state index contributed by atoms with van der Waals surface area (Å²) in [7, 11) is 0. The molecule has 0 atom stereocenters. The molecule has 0 saturated heterocycles. The molecule has 3 aromatic carbocycles. The molecular weight excluding hydrogens is 396 g/mol. The van der Waals surface area contributed by atoms with Gasteiger partial charge in [0.25, 0.3) is 5.91 Å². The largest absolute Gasteiger partial charge is 0.289 e. The number of aromatic amines is 1. The molecular formula is C24H19ClN4O. The maximum Gasteiger partial charge on any atom is 0.289 e. The second-order valence-electron chi connectivity index (χ2n) is 6.76. The predicted molar refractivity (Wildman–Crippen MR) is 121 cm³/mol. The SMILES string of the molecule is CC(=NNC(=O)c1cc(-c2ccc(-c3ccccc3)cc2)n[nH]1)c1ccc(Cl)cc1. The first kappa shape index (κ1) is 19.6. The fourth-order valence-electron chi connectivity index (χ4n) is 3.00. The summed E-state index contributed by atoms with van der Waals surface area (Å²) in [6, 6.07) is 27.2. The van der Waals surface area contributed by atoms with Gasteiger partial charge in [-0.05, 0) is 41.8 Å². The minimum absolute atomic E-state index is 0.338. The standard InChI is InChI=1S/C24H19ClN4O/c1-16(17-11-13-21(25)14-12-17)26-29-24(30)23-15-22(27-28-23)20-9-7-19(8-10-20)18-5-3-2-4-6-18/h2-15H,1H3,(H,27,28)(H,29,30). The van der Waals surface area contributed by atoms with E-state index in [2.05, 4.69) is 32.9 Å². The first-order valence-electron chi connectivity index (χ1n) is 9.42. The van der Waals surface area contributed by atoms with Crippen LogP contribution in [0.4, 0.5) is 0 Å². The molecule has 0 aliphatic rings. The van der Waals surface area contributed by atoms with Crippen LogP contribution in [0, 0.1) is 0 Å². The molecule has 0 radical (unpaired) electrons. The molecule has 4 rings (SSSR count). The van der Waals surface area contributed by atoms with Crippen LogP contribution in [0.25, 0.3) is 22.4 Å². The Morgan fingerprint density at radius 1 is 0.900 bits per heavy atom. The number of amides is 1. The van der Waals surface area contributed by atoms with Gasteiger partial charge in [0.15, 0.2) is 0 Å². The normalized spacial score (nSPS) is 11.3. The maximum absolute atomic E-state index is 12.4. The van der Waals surface area contributed by atoms with E-state index >= 15 is 0 Å². The number of rotatable bonds is 5. The third-order valence-corrected chi connectivity index (χ3v) is 4.95. The van der Waals surface area contributed by atoms with Gasteiger partial charge in [-0.25, -0.2) is 5.43 Å². The smallest absolute Gasteiger partial charge is 0.272 e. The van der Waals surface area contributed by atoms with Crippen LogP contribution in [0.2, 0.25) is 5.02 Å². The zero-order valence-corrected chi connectivity index (χ0v) is 17.0. The molecule has 0 fully saturated rings. The Morgan fingerprint density at radius 2 is 1.53 bits per heavy atom. The van der Waals surface area contributed by atoms with Crippen LogP contribution in [-0.4, -0.2) is 21.8 Å². The number of halogens is 1. The summed E-state index contributed by atoms with van der Waals surface area (Å²) in [6.45, 7) is 1.82. The van der Waals surface area contributed by atoms with E-state index in [0.29, 0.717) is 22.1 Å². The van der Waals surface area contributed by atoms with Crippen molar-refractivity contribution in [3.8, 4) is 22.4 Å². The molecule has 30 heavy (non-hydrogen) atoms. The molecule has 148 valence electrons. The second kappa shape index (κ2) is 8.76. The third-order valence-electron chi connectivity index (χ3n) is 4.70. The molecule has 6 heteroatoms. The molecule has 0 spiro atoms. The average molecular weight is 415 g/mol. The Kier molecular flexibility index (Phi) is 5.72. The fraction of sp³-hybridized carbons (Fsp3) is 0.0417. The Labute approximate surface area is 179 Å². The molecule has 0 aliphatic heterocycles. The summed E-state index contributed by atoms with van der Waals surface area (Å²) in [4.78, 5) is 12.4. The predicted octanol–water partition coefficient (Wildman–Crippen LogP) is 5.55. The van der Waals surface area contributed by atoms with E-state index in [-0.39, 0.29) is 5.91 Å². The quantitative estimate of drug-likeness (QED) is 0.332. The van der Waals surface area contributed by atoms with Crippen molar-refractivity contribution in [2.45, 2.75) is 6.92 Å². The van der Waals surface area contributed by atoms with Crippen molar-refractivity contribution in [2.75, 3.05) is 0 Å². The highest BCUT2D eigenvalue weighted by Gasteiger charge is 2.11. The van der Waals surface area contributed by atoms with Crippen LogP contribution in [0.5, 0.6) is 0 Å². The van der Waals surface area contributed by atoms with E-state index in [1.165, 1.54) is 0 Å². The maximum atomic E-state index is 12.4. The van der Waals surface area contributed by atoms with Gasteiger partial charge in [-0.3, -0.25) is 9.89 Å². The van der Waals surface area contributed by atoms with E-state index < -0.39 is 0 Å². The summed E-state index contributed by atoms with van der Waals surface area (Å²) >= 11 is 5.90. The van der Waals surface area contributed by atoms with Crippen molar-refractivity contribution >= 4 is 23.2 Å². The average Bonchev–Trinajstić information content (AvgIpc) is 3.29. The van der Waals surface area contributed by atoms with E-state index in [0.717, 1.165) is 22.3 Å². The van der Waals surface area contributed by atoms with Crippen molar-refractivity contribution in [1.29, 1.82) is 0 Å². The van der Waals surface area contributed by atoms with Crippen LogP contribution in [0.15, 0.2) is 90.0 Å².